The third kappa shape index (κ3) is 19.5. The molecule has 2 nitrogen and oxygen atoms in total. The van der Waals surface area contributed by atoms with Gasteiger partial charge in [0.25, 0.3) is 0 Å². The summed E-state index contributed by atoms with van der Waals surface area (Å²) in [6.07, 6.45) is 0. The molecule has 0 fully saturated rings. The molecule has 0 bridgehead atoms. The Morgan fingerprint density at radius 1 is 0.300 bits per heavy atom. The fourth-order valence-corrected chi connectivity index (χ4v) is 6.59. The normalized spacial score (nSPS) is 9.63. The molecule has 0 aliphatic carbocycles. The van der Waals surface area contributed by atoms with Gasteiger partial charge in [0.2, 0.25) is 9.84 Å². The highest BCUT2D eigenvalue weighted by atomic mass is 32.2. The van der Waals surface area contributed by atoms with E-state index in [-0.39, 0.29) is 5.41 Å². The fraction of sp³-hybridized carbons (Fsp3) is 0.263. The third-order valence-electron chi connectivity index (χ3n) is 8.76. The molecule has 0 heterocycles. The predicted molar refractivity (Wildman–Crippen MR) is 266 cm³/mol. The molecular formula is C57H74O2S. The topological polar surface area (TPSA) is 34.1 Å². The molecule has 0 saturated heterocycles. The molecule has 0 N–H and O–H groups in total. The molecule has 0 spiro atoms. The lowest BCUT2D eigenvalue weighted by Crippen LogP contribution is -2.18. The highest BCUT2D eigenvalue weighted by Gasteiger charge is 2.22. The van der Waals surface area contributed by atoms with E-state index in [4.69, 9.17) is 0 Å². The van der Waals surface area contributed by atoms with Gasteiger partial charge in [-0.05, 0) is 74.2 Å². The molecule has 7 rings (SSSR count). The van der Waals surface area contributed by atoms with Crippen molar-refractivity contribution in [1.29, 1.82) is 0 Å². The van der Waals surface area contributed by atoms with Crippen LogP contribution >= 0.6 is 0 Å². The monoisotopic (exact) mass is 823 g/mol. The van der Waals surface area contributed by atoms with Crippen LogP contribution in [0.1, 0.15) is 103 Å². The maximum absolute atomic E-state index is 12.3. The van der Waals surface area contributed by atoms with Crippen molar-refractivity contribution in [1.82, 2.24) is 0 Å². The summed E-state index contributed by atoms with van der Waals surface area (Å²) in [5, 5.41) is 0. The first-order valence-electron chi connectivity index (χ1n) is 21.6. The van der Waals surface area contributed by atoms with Crippen LogP contribution < -0.4 is 0 Å². The van der Waals surface area contributed by atoms with Gasteiger partial charge in [-0.15, -0.1) is 0 Å². The molecule has 7 aromatic carbocycles. The molecule has 0 saturated carbocycles. The second-order valence-corrected chi connectivity index (χ2v) is 15.3. The molecule has 7 aromatic rings. The summed E-state index contributed by atoms with van der Waals surface area (Å²) in [7, 11) is -3.37. The second-order valence-electron chi connectivity index (χ2n) is 13.4. The van der Waals surface area contributed by atoms with Crippen LogP contribution in [0.2, 0.25) is 0 Å². The Morgan fingerprint density at radius 2 is 0.500 bits per heavy atom. The van der Waals surface area contributed by atoms with Crippen LogP contribution in [0.3, 0.4) is 0 Å². The molecule has 3 heteroatoms. The Balaban J connectivity index is 0.000000760. The molecule has 0 unspecified atom stereocenters. The zero-order valence-electron chi connectivity index (χ0n) is 39.2. The predicted octanol–water partition coefficient (Wildman–Crippen LogP) is 16.9. The van der Waals surface area contributed by atoms with Gasteiger partial charge in [-0.1, -0.05) is 261 Å². The van der Waals surface area contributed by atoms with Gasteiger partial charge in [0.15, 0.2) is 0 Å². The quantitative estimate of drug-likeness (QED) is 0.173. The first kappa shape index (κ1) is 54.5. The maximum atomic E-state index is 12.3. The molecule has 0 aliphatic rings. The number of benzene rings is 7. The summed E-state index contributed by atoms with van der Waals surface area (Å²) in [4.78, 5) is 0.680. The van der Waals surface area contributed by atoms with Gasteiger partial charge >= 0.3 is 0 Å². The van der Waals surface area contributed by atoms with Gasteiger partial charge in [-0.2, -0.15) is 0 Å². The minimum atomic E-state index is -3.37. The summed E-state index contributed by atoms with van der Waals surface area (Å²) in [6.45, 7) is 28.7. The van der Waals surface area contributed by atoms with Gasteiger partial charge in [0.05, 0.1) is 9.79 Å². The SMILES string of the molecule is CC.CC.CC.CC.Cc1ccc(C(C)(C)c2ccc(C)cc2)cc1.Cc1ccc(S(=O)(=O)c2ccc(C)cc2)cc1.c1ccc(-c2ccccc2)cc1.c1ccccc1. The smallest absolute Gasteiger partial charge is 0.206 e. The van der Waals surface area contributed by atoms with E-state index in [9.17, 15) is 8.42 Å². The molecule has 0 atom stereocenters. The molecule has 0 amide bonds. The average molecular weight is 823 g/mol. The number of hydrogen-bond acceptors (Lipinski definition) is 2. The zero-order valence-corrected chi connectivity index (χ0v) is 40.0. The number of hydrogen-bond donors (Lipinski definition) is 0. The van der Waals surface area contributed by atoms with Crippen LogP contribution in [0, 0.1) is 27.7 Å². The summed E-state index contributed by atoms with van der Waals surface area (Å²) >= 11 is 0. The van der Waals surface area contributed by atoms with Crippen molar-refractivity contribution in [3.8, 4) is 11.1 Å². The average Bonchev–Trinajstić information content (AvgIpc) is 3.31. The van der Waals surface area contributed by atoms with E-state index in [1.807, 2.05) is 118 Å². The van der Waals surface area contributed by atoms with Gasteiger partial charge in [0.1, 0.15) is 0 Å². The summed E-state index contributed by atoms with van der Waals surface area (Å²) in [5.74, 6) is 0. The largest absolute Gasteiger partial charge is 0.219 e. The number of rotatable bonds is 5. The molecule has 0 aromatic heterocycles. The first-order chi connectivity index (χ1) is 29.0. The van der Waals surface area contributed by atoms with E-state index < -0.39 is 9.84 Å². The zero-order chi connectivity index (χ0) is 45.4. The van der Waals surface area contributed by atoms with Crippen LogP contribution in [-0.4, -0.2) is 8.42 Å². The molecular weight excluding hydrogens is 749 g/mol. The number of sulfone groups is 1. The van der Waals surface area contributed by atoms with Crippen molar-refractivity contribution >= 4 is 9.84 Å². The minimum absolute atomic E-state index is 0.0708. The maximum Gasteiger partial charge on any atom is 0.206 e. The highest BCUT2D eigenvalue weighted by Crippen LogP contribution is 2.31. The van der Waals surface area contributed by atoms with E-state index in [2.05, 4.69) is 125 Å². The first-order valence-corrected chi connectivity index (χ1v) is 23.1. The summed E-state index contributed by atoms with van der Waals surface area (Å²) in [5.41, 5.74) is 10.1. The summed E-state index contributed by atoms with van der Waals surface area (Å²) in [6, 6.07) is 64.2. The molecule has 320 valence electrons. The Labute approximate surface area is 367 Å². The Kier molecular flexibility index (Phi) is 28.5. The third-order valence-corrected chi connectivity index (χ3v) is 10.5. The van der Waals surface area contributed by atoms with E-state index >= 15 is 0 Å². The Morgan fingerprint density at radius 3 is 0.733 bits per heavy atom. The van der Waals surface area contributed by atoms with Crippen LogP contribution in [-0.2, 0) is 15.3 Å². The van der Waals surface area contributed by atoms with Gasteiger partial charge < -0.3 is 0 Å². The van der Waals surface area contributed by atoms with Crippen molar-refractivity contribution in [2.24, 2.45) is 0 Å². The lowest BCUT2D eigenvalue weighted by molar-refractivity contribution is 0.596. The van der Waals surface area contributed by atoms with Gasteiger partial charge in [-0.25, -0.2) is 8.42 Å². The van der Waals surface area contributed by atoms with Gasteiger partial charge in [-0.3, -0.25) is 0 Å². The van der Waals surface area contributed by atoms with Gasteiger partial charge in [0, 0.05) is 5.41 Å². The van der Waals surface area contributed by atoms with E-state index in [1.54, 1.807) is 48.5 Å². The number of aryl methyl sites for hydroxylation is 4. The Bertz CT molecular complexity index is 1970. The van der Waals surface area contributed by atoms with Crippen molar-refractivity contribution in [2.45, 2.75) is 112 Å². The van der Waals surface area contributed by atoms with Crippen LogP contribution in [0.15, 0.2) is 204 Å². The van der Waals surface area contributed by atoms with E-state index in [0.717, 1.165) is 11.1 Å². The second kappa shape index (κ2) is 31.4. The summed E-state index contributed by atoms with van der Waals surface area (Å²) < 4.78 is 24.5. The fourth-order valence-electron chi connectivity index (χ4n) is 5.32. The van der Waals surface area contributed by atoms with Crippen LogP contribution in [0.4, 0.5) is 0 Å². The highest BCUT2D eigenvalue weighted by molar-refractivity contribution is 7.91. The standard InChI is InChI=1S/C17H20.C14H14O2S.C12H10.C6H6.4C2H6/c1-13-5-9-15(10-6-13)17(3,4)16-11-7-14(2)8-12-16;1-11-3-7-13(8-4-11)17(15,16)14-9-5-12(2)6-10-14;1-3-7-11(8-4-1)12-9-5-2-6-10-12;1-2-4-6-5-3-1;4*1-2/h5-12H,1-4H3;3-10H,1-2H3;1-10H;1-6H;4*1-2H3. The van der Waals surface area contributed by atoms with Crippen molar-refractivity contribution in [2.75, 3.05) is 0 Å². The molecule has 0 aliphatic heterocycles. The molecule has 0 radical (unpaired) electrons. The molecule has 60 heavy (non-hydrogen) atoms. The van der Waals surface area contributed by atoms with E-state index in [0.29, 0.717) is 9.79 Å². The Hall–Kier alpha value is -5.51. The van der Waals surface area contributed by atoms with Crippen molar-refractivity contribution in [3.63, 3.8) is 0 Å². The van der Waals surface area contributed by atoms with E-state index in [1.165, 1.54) is 33.4 Å². The van der Waals surface area contributed by atoms with Crippen molar-refractivity contribution in [3.05, 3.63) is 228 Å². The van der Waals surface area contributed by atoms with Crippen LogP contribution in [0.5, 0.6) is 0 Å². The minimum Gasteiger partial charge on any atom is -0.219 e. The lowest BCUT2D eigenvalue weighted by Gasteiger charge is -2.26. The van der Waals surface area contributed by atoms with Crippen LogP contribution in [0.25, 0.3) is 11.1 Å². The van der Waals surface area contributed by atoms with Crippen molar-refractivity contribution < 1.29 is 8.42 Å². The lowest BCUT2D eigenvalue weighted by atomic mass is 9.78.